The normalized spacial score (nSPS) is 19.6. The molecule has 22 heavy (non-hydrogen) atoms. The summed E-state index contributed by atoms with van der Waals surface area (Å²) in [4.78, 5) is 11.6. The maximum absolute atomic E-state index is 11.6. The van der Waals surface area contributed by atoms with Crippen molar-refractivity contribution < 1.29 is 9.53 Å². The van der Waals surface area contributed by atoms with Crippen molar-refractivity contribution in [1.29, 1.82) is 0 Å². The zero-order valence-electron chi connectivity index (χ0n) is 12.5. The molecule has 0 radical (unpaired) electrons. The minimum Gasteiger partial charge on any atom is -0.466 e. The van der Waals surface area contributed by atoms with Gasteiger partial charge < -0.3 is 4.74 Å². The molecule has 0 heterocycles. The first-order chi connectivity index (χ1) is 10.3. The van der Waals surface area contributed by atoms with Gasteiger partial charge in [-0.25, -0.2) is 0 Å². The number of aryl methyl sites for hydroxylation is 1. The highest BCUT2D eigenvalue weighted by molar-refractivity contribution is 6.52. The van der Waals surface area contributed by atoms with E-state index in [1.165, 1.54) is 0 Å². The average Bonchev–Trinajstić information content (AvgIpc) is 2.43. The van der Waals surface area contributed by atoms with E-state index in [4.69, 9.17) is 51.1 Å². The second-order valence-corrected chi connectivity index (χ2v) is 7.86. The quantitative estimate of drug-likeness (QED) is 0.503. The van der Waals surface area contributed by atoms with Crippen molar-refractivity contribution in [3.63, 3.8) is 0 Å². The molecular formula is C16H18Cl4O2. The van der Waals surface area contributed by atoms with Gasteiger partial charge in [-0.15, -0.1) is 11.6 Å². The van der Waals surface area contributed by atoms with E-state index in [-0.39, 0.29) is 5.97 Å². The Morgan fingerprint density at radius 3 is 2.77 bits per heavy atom. The van der Waals surface area contributed by atoms with E-state index in [1.54, 1.807) is 6.92 Å². The van der Waals surface area contributed by atoms with Gasteiger partial charge in [0.25, 0.3) is 0 Å². The van der Waals surface area contributed by atoms with Crippen molar-refractivity contribution in [3.05, 3.63) is 33.3 Å². The van der Waals surface area contributed by atoms with E-state index in [9.17, 15) is 4.79 Å². The summed E-state index contributed by atoms with van der Waals surface area (Å²) in [6, 6.07) is 1.92. The van der Waals surface area contributed by atoms with Gasteiger partial charge in [0.15, 0.2) is 0 Å². The van der Waals surface area contributed by atoms with Crippen molar-refractivity contribution in [3.8, 4) is 0 Å². The topological polar surface area (TPSA) is 26.3 Å². The Kier molecular flexibility index (Phi) is 5.93. The molecular weight excluding hydrogens is 366 g/mol. The van der Waals surface area contributed by atoms with Gasteiger partial charge in [-0.3, -0.25) is 4.79 Å². The molecule has 0 saturated heterocycles. The molecule has 0 N–H and O–H groups in total. The van der Waals surface area contributed by atoms with Gasteiger partial charge in [-0.05, 0) is 61.4 Å². The fourth-order valence-corrected chi connectivity index (χ4v) is 4.01. The second-order valence-electron chi connectivity index (χ2n) is 5.47. The first kappa shape index (κ1) is 18.2. The van der Waals surface area contributed by atoms with Crippen LogP contribution in [-0.4, -0.2) is 16.9 Å². The van der Waals surface area contributed by atoms with Crippen molar-refractivity contribution >= 4 is 52.4 Å². The summed E-state index contributed by atoms with van der Waals surface area (Å²) in [6.07, 6.45) is 2.07. The average molecular weight is 384 g/mol. The lowest BCUT2D eigenvalue weighted by Gasteiger charge is -2.35. The van der Waals surface area contributed by atoms with E-state index in [1.807, 2.05) is 13.0 Å². The lowest BCUT2D eigenvalue weighted by Crippen LogP contribution is -2.28. The lowest BCUT2D eigenvalue weighted by molar-refractivity contribution is -0.143. The molecule has 2 rings (SSSR count). The van der Waals surface area contributed by atoms with Crippen molar-refractivity contribution in [2.24, 2.45) is 0 Å². The zero-order valence-corrected chi connectivity index (χ0v) is 15.5. The SMILES string of the molecule is CCOC(=O)CCc1c(C)cc(Cl)c2c1C(Cl)C(Cl)(Cl)CC2. The number of benzene rings is 1. The molecule has 0 aliphatic heterocycles. The smallest absolute Gasteiger partial charge is 0.306 e. The maximum Gasteiger partial charge on any atom is 0.306 e. The van der Waals surface area contributed by atoms with Gasteiger partial charge in [-0.1, -0.05) is 34.8 Å². The number of ether oxygens (including phenoxy) is 1. The van der Waals surface area contributed by atoms with E-state index in [2.05, 4.69) is 0 Å². The van der Waals surface area contributed by atoms with Crippen LogP contribution in [0.15, 0.2) is 6.07 Å². The van der Waals surface area contributed by atoms with Crippen LogP contribution in [0, 0.1) is 6.92 Å². The first-order valence-corrected chi connectivity index (χ1v) is 8.83. The molecule has 2 nitrogen and oxygen atoms in total. The lowest BCUT2D eigenvalue weighted by atomic mass is 9.83. The van der Waals surface area contributed by atoms with Crippen LogP contribution in [0.1, 0.15) is 47.4 Å². The van der Waals surface area contributed by atoms with Gasteiger partial charge in [-0.2, -0.15) is 0 Å². The molecule has 0 fully saturated rings. The van der Waals surface area contributed by atoms with Crippen LogP contribution in [0.25, 0.3) is 0 Å². The Bertz CT molecular complexity index is 584. The second kappa shape index (κ2) is 7.17. The number of esters is 1. The monoisotopic (exact) mass is 382 g/mol. The van der Waals surface area contributed by atoms with Crippen LogP contribution in [0.4, 0.5) is 0 Å². The largest absolute Gasteiger partial charge is 0.466 e. The van der Waals surface area contributed by atoms with Gasteiger partial charge in [0.1, 0.15) is 4.33 Å². The van der Waals surface area contributed by atoms with Gasteiger partial charge >= 0.3 is 5.97 Å². The third kappa shape index (κ3) is 3.67. The molecule has 0 amide bonds. The molecule has 1 atom stereocenters. The Labute approximate surface area is 151 Å². The summed E-state index contributed by atoms with van der Waals surface area (Å²) >= 11 is 25.6. The minimum atomic E-state index is -1.02. The number of hydrogen-bond donors (Lipinski definition) is 0. The molecule has 6 heteroatoms. The predicted molar refractivity (Wildman–Crippen MR) is 92.5 cm³/mol. The fraction of sp³-hybridized carbons (Fsp3) is 0.562. The van der Waals surface area contributed by atoms with Crippen molar-refractivity contribution in [2.75, 3.05) is 6.61 Å². The number of carbonyl (C=O) groups is 1. The molecule has 0 bridgehead atoms. The zero-order chi connectivity index (χ0) is 16.5. The number of halogens is 4. The van der Waals surface area contributed by atoms with Crippen molar-refractivity contribution in [1.82, 2.24) is 0 Å². The summed E-state index contributed by atoms with van der Waals surface area (Å²) in [7, 11) is 0. The third-order valence-corrected chi connectivity index (χ3v) is 5.94. The number of fused-ring (bicyclic) bond motifs is 1. The molecule has 1 aromatic rings. The number of alkyl halides is 3. The third-order valence-electron chi connectivity index (χ3n) is 3.97. The maximum atomic E-state index is 11.6. The summed E-state index contributed by atoms with van der Waals surface area (Å²) in [5, 5.41) is 0.135. The molecule has 1 unspecified atom stereocenters. The molecule has 1 aromatic carbocycles. The summed E-state index contributed by atoms with van der Waals surface area (Å²) < 4.78 is 3.97. The van der Waals surface area contributed by atoms with Gasteiger partial charge in [0, 0.05) is 11.4 Å². The predicted octanol–water partition coefficient (Wildman–Crippen LogP) is 5.54. The molecule has 122 valence electrons. The standard InChI is InChI=1S/C16H18Cl4O2/c1-3-22-13(21)5-4-10-9(2)8-12(17)11-6-7-16(19,20)15(18)14(10)11/h8,15H,3-7H2,1-2H3. The fourth-order valence-electron chi connectivity index (χ4n) is 2.87. The van der Waals surface area contributed by atoms with Crippen LogP contribution < -0.4 is 0 Å². The van der Waals surface area contributed by atoms with Crippen molar-refractivity contribution in [2.45, 2.75) is 49.2 Å². The number of rotatable bonds is 4. The van der Waals surface area contributed by atoms with Crippen LogP contribution in [0.2, 0.25) is 5.02 Å². The van der Waals surface area contributed by atoms with E-state index < -0.39 is 9.71 Å². The van der Waals surface area contributed by atoms with E-state index >= 15 is 0 Å². The Morgan fingerprint density at radius 2 is 2.14 bits per heavy atom. The summed E-state index contributed by atoms with van der Waals surface area (Å²) in [5.74, 6) is -0.226. The highest BCUT2D eigenvalue weighted by atomic mass is 35.5. The number of hydrogen-bond acceptors (Lipinski definition) is 2. The molecule has 1 aliphatic carbocycles. The minimum absolute atomic E-state index is 0.226. The molecule has 0 spiro atoms. The van der Waals surface area contributed by atoms with E-state index in [0.717, 1.165) is 22.3 Å². The van der Waals surface area contributed by atoms with Crippen LogP contribution >= 0.6 is 46.4 Å². The Hall–Kier alpha value is -0.150. The Morgan fingerprint density at radius 1 is 1.45 bits per heavy atom. The first-order valence-electron chi connectivity index (χ1n) is 7.26. The van der Waals surface area contributed by atoms with Crippen LogP contribution in [-0.2, 0) is 22.4 Å². The molecule has 0 aromatic heterocycles. The highest BCUT2D eigenvalue weighted by Gasteiger charge is 2.41. The van der Waals surface area contributed by atoms with Gasteiger partial charge in [0.2, 0.25) is 0 Å². The highest BCUT2D eigenvalue weighted by Crippen LogP contribution is 2.52. The summed E-state index contributed by atoms with van der Waals surface area (Å²) in [5.41, 5.74) is 3.86. The van der Waals surface area contributed by atoms with Crippen LogP contribution in [0.5, 0.6) is 0 Å². The molecule has 0 saturated carbocycles. The molecule has 1 aliphatic rings. The summed E-state index contributed by atoms with van der Waals surface area (Å²) in [6.45, 7) is 4.12. The number of carbonyl (C=O) groups excluding carboxylic acids is 1. The van der Waals surface area contributed by atoms with E-state index in [0.29, 0.717) is 37.3 Å². The van der Waals surface area contributed by atoms with Gasteiger partial charge in [0.05, 0.1) is 12.0 Å². The Balaban J connectivity index is 2.40. The van der Waals surface area contributed by atoms with Crippen LogP contribution in [0.3, 0.4) is 0 Å².